The Balaban J connectivity index is 2.91. The number of aliphatic hydroxyl groups is 1. The van der Waals surface area contributed by atoms with Crippen molar-refractivity contribution in [3.63, 3.8) is 0 Å². The summed E-state index contributed by atoms with van der Waals surface area (Å²) in [6, 6.07) is 0. The molecule has 16 heavy (non-hydrogen) atoms. The van der Waals surface area contributed by atoms with E-state index in [1.54, 1.807) is 13.8 Å². The van der Waals surface area contributed by atoms with Crippen LogP contribution >= 0.6 is 0 Å². The molecule has 1 N–H and O–H groups in total. The number of nitrogens with zero attached hydrogens (tertiary/aromatic N) is 2. The number of rotatable bonds is 3. The summed E-state index contributed by atoms with van der Waals surface area (Å²) in [5.74, 6) is 0. The van der Waals surface area contributed by atoms with Crippen LogP contribution in [0.1, 0.15) is 23.9 Å². The van der Waals surface area contributed by atoms with E-state index in [9.17, 15) is 13.2 Å². The molecule has 0 saturated carbocycles. The Bertz CT molecular complexity index is 371. The van der Waals surface area contributed by atoms with Gasteiger partial charge >= 0.3 is 6.18 Å². The maximum Gasteiger partial charge on any atom is 0.416 e. The van der Waals surface area contributed by atoms with Gasteiger partial charge in [-0.3, -0.25) is 4.68 Å². The number of aromatic nitrogens is 2. The quantitative estimate of drug-likeness (QED) is 0.871. The average Bonchev–Trinajstić information content (AvgIpc) is 2.40. The van der Waals surface area contributed by atoms with Crippen LogP contribution in [0.25, 0.3) is 0 Å². The molecule has 1 atom stereocenters. The van der Waals surface area contributed by atoms with Crippen molar-refractivity contribution in [2.24, 2.45) is 0 Å². The van der Waals surface area contributed by atoms with E-state index in [4.69, 9.17) is 5.11 Å². The third kappa shape index (κ3) is 2.55. The Morgan fingerprint density at radius 1 is 1.38 bits per heavy atom. The van der Waals surface area contributed by atoms with Crippen molar-refractivity contribution in [1.82, 2.24) is 9.78 Å². The molecule has 0 spiro atoms. The van der Waals surface area contributed by atoms with Crippen LogP contribution in [0.15, 0.2) is 0 Å². The lowest BCUT2D eigenvalue weighted by Crippen LogP contribution is -2.33. The third-order valence-electron chi connectivity index (χ3n) is 2.61. The summed E-state index contributed by atoms with van der Waals surface area (Å²) in [4.78, 5) is 0. The summed E-state index contributed by atoms with van der Waals surface area (Å²) < 4.78 is 37.7. The maximum atomic E-state index is 12.2. The molecule has 0 aliphatic rings. The average molecular weight is 236 g/mol. The van der Waals surface area contributed by atoms with Gasteiger partial charge in [0, 0.05) is 5.69 Å². The van der Waals surface area contributed by atoms with Gasteiger partial charge in [-0.2, -0.15) is 18.3 Å². The molecule has 0 radical (unpaired) electrons. The second-order valence-corrected chi connectivity index (χ2v) is 3.74. The first kappa shape index (κ1) is 13.0. The van der Waals surface area contributed by atoms with Crippen molar-refractivity contribution in [3.05, 3.63) is 17.0 Å². The first-order valence-corrected chi connectivity index (χ1v) is 5.05. The Hall–Kier alpha value is -1.04. The van der Waals surface area contributed by atoms with E-state index in [1.165, 1.54) is 4.68 Å². The molecular formula is C10H15F3N2O. The lowest BCUT2D eigenvalue weighted by molar-refractivity contribution is -0.208. The van der Waals surface area contributed by atoms with E-state index in [-0.39, 0.29) is 0 Å². The molecule has 1 aromatic heterocycles. The van der Waals surface area contributed by atoms with Crippen molar-refractivity contribution >= 4 is 0 Å². The van der Waals surface area contributed by atoms with E-state index >= 15 is 0 Å². The first-order chi connectivity index (χ1) is 7.27. The molecule has 6 heteroatoms. The maximum absolute atomic E-state index is 12.2. The molecule has 1 rings (SSSR count). The minimum atomic E-state index is -4.60. The van der Waals surface area contributed by atoms with Gasteiger partial charge < -0.3 is 5.11 Å². The van der Waals surface area contributed by atoms with Crippen molar-refractivity contribution in [2.75, 3.05) is 0 Å². The van der Waals surface area contributed by atoms with Crippen LogP contribution < -0.4 is 0 Å². The van der Waals surface area contributed by atoms with Crippen LogP contribution in [0.3, 0.4) is 0 Å². The van der Waals surface area contributed by atoms with Crippen LogP contribution in [-0.4, -0.2) is 27.2 Å². The third-order valence-corrected chi connectivity index (χ3v) is 2.61. The molecule has 1 unspecified atom stereocenters. The SMILES string of the molecule is CCc1c(C)nn(CC(O)C(F)(F)F)c1C. The van der Waals surface area contributed by atoms with E-state index in [0.717, 1.165) is 17.7 Å². The Labute approximate surface area is 91.9 Å². The van der Waals surface area contributed by atoms with Crippen molar-refractivity contribution < 1.29 is 18.3 Å². The fourth-order valence-corrected chi connectivity index (χ4v) is 1.69. The van der Waals surface area contributed by atoms with Crippen molar-refractivity contribution in [3.8, 4) is 0 Å². The number of aryl methyl sites for hydroxylation is 1. The van der Waals surface area contributed by atoms with E-state index in [0.29, 0.717) is 5.69 Å². The highest BCUT2D eigenvalue weighted by Crippen LogP contribution is 2.22. The highest BCUT2D eigenvalue weighted by Gasteiger charge is 2.38. The molecule has 0 aliphatic carbocycles. The number of hydrogen-bond acceptors (Lipinski definition) is 2. The van der Waals surface area contributed by atoms with Gasteiger partial charge in [-0.1, -0.05) is 6.92 Å². The molecule has 0 fully saturated rings. The summed E-state index contributed by atoms with van der Waals surface area (Å²) in [5, 5.41) is 12.9. The smallest absolute Gasteiger partial charge is 0.382 e. The van der Waals surface area contributed by atoms with Gasteiger partial charge in [0.2, 0.25) is 0 Å². The van der Waals surface area contributed by atoms with Gasteiger partial charge in [-0.15, -0.1) is 0 Å². The Morgan fingerprint density at radius 3 is 2.31 bits per heavy atom. The lowest BCUT2D eigenvalue weighted by Gasteiger charge is -2.15. The van der Waals surface area contributed by atoms with Gasteiger partial charge in [-0.25, -0.2) is 0 Å². The summed E-state index contributed by atoms with van der Waals surface area (Å²) in [6.45, 7) is 4.84. The molecule has 3 nitrogen and oxygen atoms in total. The molecule has 0 aliphatic heterocycles. The van der Waals surface area contributed by atoms with Gasteiger partial charge in [0.05, 0.1) is 12.2 Å². The molecule has 0 bridgehead atoms. The molecular weight excluding hydrogens is 221 g/mol. The van der Waals surface area contributed by atoms with Gasteiger partial charge in [0.15, 0.2) is 6.10 Å². The minimum Gasteiger partial charge on any atom is -0.382 e. The molecule has 0 amide bonds. The fraction of sp³-hybridized carbons (Fsp3) is 0.700. The number of aliphatic hydroxyl groups excluding tert-OH is 1. The molecule has 92 valence electrons. The normalized spacial score (nSPS) is 14.2. The zero-order chi connectivity index (χ0) is 12.5. The van der Waals surface area contributed by atoms with Crippen LogP contribution in [0.4, 0.5) is 13.2 Å². The Kier molecular flexibility index (Phi) is 3.62. The molecule has 1 aromatic rings. The monoisotopic (exact) mass is 236 g/mol. The van der Waals surface area contributed by atoms with Crippen molar-refractivity contribution in [1.29, 1.82) is 0 Å². The first-order valence-electron chi connectivity index (χ1n) is 5.05. The van der Waals surface area contributed by atoms with Gasteiger partial charge in [0.25, 0.3) is 0 Å². The Morgan fingerprint density at radius 2 is 1.94 bits per heavy atom. The summed E-state index contributed by atoms with van der Waals surface area (Å²) in [5.41, 5.74) is 2.34. The zero-order valence-electron chi connectivity index (χ0n) is 9.47. The second-order valence-electron chi connectivity index (χ2n) is 3.74. The van der Waals surface area contributed by atoms with Gasteiger partial charge in [0.1, 0.15) is 0 Å². The predicted octanol–water partition coefficient (Wildman–Crippen LogP) is 1.99. The minimum absolute atomic E-state index is 0.545. The van der Waals surface area contributed by atoms with Crippen molar-refractivity contribution in [2.45, 2.75) is 46.0 Å². The van der Waals surface area contributed by atoms with Crippen LogP contribution in [0.2, 0.25) is 0 Å². The predicted molar refractivity (Wildman–Crippen MR) is 53.1 cm³/mol. The van der Waals surface area contributed by atoms with Crippen LogP contribution in [0.5, 0.6) is 0 Å². The number of hydrogen-bond donors (Lipinski definition) is 1. The largest absolute Gasteiger partial charge is 0.416 e. The van der Waals surface area contributed by atoms with Crippen LogP contribution in [0, 0.1) is 13.8 Å². The van der Waals surface area contributed by atoms with Crippen LogP contribution in [-0.2, 0) is 13.0 Å². The summed E-state index contributed by atoms with van der Waals surface area (Å²) >= 11 is 0. The molecule has 0 aromatic carbocycles. The summed E-state index contributed by atoms with van der Waals surface area (Å²) in [7, 11) is 0. The standard InChI is InChI=1S/C10H15F3N2O/c1-4-8-6(2)14-15(7(8)3)5-9(16)10(11,12)13/h9,16H,4-5H2,1-3H3. The highest BCUT2D eigenvalue weighted by atomic mass is 19.4. The topological polar surface area (TPSA) is 38.0 Å². The van der Waals surface area contributed by atoms with E-state index in [1.807, 2.05) is 6.92 Å². The second kappa shape index (κ2) is 4.45. The molecule has 0 saturated heterocycles. The van der Waals surface area contributed by atoms with E-state index in [2.05, 4.69) is 5.10 Å². The number of alkyl halides is 3. The van der Waals surface area contributed by atoms with Gasteiger partial charge in [-0.05, 0) is 25.8 Å². The fourth-order valence-electron chi connectivity index (χ4n) is 1.69. The highest BCUT2D eigenvalue weighted by molar-refractivity contribution is 5.24. The van der Waals surface area contributed by atoms with E-state index < -0.39 is 18.8 Å². The summed E-state index contributed by atoms with van der Waals surface area (Å²) in [6.07, 6.45) is -6.24. The lowest BCUT2D eigenvalue weighted by atomic mass is 10.1. The zero-order valence-corrected chi connectivity index (χ0v) is 9.47. The molecule has 1 heterocycles. The number of halogens is 3.